The summed E-state index contributed by atoms with van der Waals surface area (Å²) in [6.07, 6.45) is 0.669. The topological polar surface area (TPSA) is 58.6 Å². The van der Waals surface area contributed by atoms with Crippen molar-refractivity contribution in [2.45, 2.75) is 39.3 Å². The number of hydrogen-bond acceptors (Lipinski definition) is 3. The first-order valence-electron chi connectivity index (χ1n) is 11.7. The zero-order valence-electron chi connectivity index (χ0n) is 20.2. The number of benzene rings is 3. The first kappa shape index (κ1) is 25.0. The Morgan fingerprint density at radius 2 is 1.47 bits per heavy atom. The average molecular weight is 459 g/mol. The fraction of sp³-hybridized carbons (Fsp3) is 0.310. The first-order chi connectivity index (χ1) is 16.5. The van der Waals surface area contributed by atoms with E-state index in [-0.39, 0.29) is 18.2 Å². The van der Waals surface area contributed by atoms with Crippen LogP contribution in [-0.4, -0.2) is 36.4 Å². The number of methoxy groups -OCH3 is 1. The molecule has 0 aliphatic carbocycles. The maximum Gasteiger partial charge on any atom is 0.243 e. The van der Waals surface area contributed by atoms with Crippen LogP contribution in [0.15, 0.2) is 84.9 Å². The molecule has 0 aromatic heterocycles. The molecular weight excluding hydrogens is 424 g/mol. The van der Waals surface area contributed by atoms with Crippen molar-refractivity contribution in [3.8, 4) is 5.75 Å². The van der Waals surface area contributed by atoms with E-state index in [9.17, 15) is 9.59 Å². The van der Waals surface area contributed by atoms with Gasteiger partial charge in [-0.3, -0.25) is 9.59 Å². The molecule has 0 fully saturated rings. The molecule has 0 aliphatic rings. The normalized spacial score (nSPS) is 11.6. The Balaban J connectivity index is 1.95. The number of ether oxygens (including phenoxy) is 1. The number of nitrogens with zero attached hydrogens (tertiary/aromatic N) is 1. The highest BCUT2D eigenvalue weighted by atomic mass is 16.5. The van der Waals surface area contributed by atoms with E-state index in [0.717, 1.165) is 22.4 Å². The highest BCUT2D eigenvalue weighted by Gasteiger charge is 2.30. The van der Waals surface area contributed by atoms with Crippen LogP contribution in [-0.2, 0) is 29.0 Å². The minimum atomic E-state index is -0.636. The highest BCUT2D eigenvalue weighted by Crippen LogP contribution is 2.19. The summed E-state index contributed by atoms with van der Waals surface area (Å²) in [6.45, 7) is 4.99. The number of carbonyl (C=O) groups is 2. The fourth-order valence-corrected chi connectivity index (χ4v) is 3.82. The number of hydrogen-bond donors (Lipinski definition) is 1. The first-order valence-corrected chi connectivity index (χ1v) is 11.7. The van der Waals surface area contributed by atoms with E-state index in [1.54, 1.807) is 12.0 Å². The van der Waals surface area contributed by atoms with Crippen molar-refractivity contribution in [1.82, 2.24) is 10.2 Å². The summed E-state index contributed by atoms with van der Waals surface area (Å²) in [5.41, 5.74) is 2.84. The molecule has 0 heterocycles. The fourth-order valence-electron chi connectivity index (χ4n) is 3.82. The summed E-state index contributed by atoms with van der Waals surface area (Å²) in [6, 6.07) is 26.5. The van der Waals surface area contributed by atoms with Crippen molar-refractivity contribution in [1.29, 1.82) is 0 Å². The number of carbonyl (C=O) groups excluding carboxylic acids is 2. The molecule has 5 heteroatoms. The zero-order valence-corrected chi connectivity index (χ0v) is 20.2. The molecule has 3 rings (SSSR count). The monoisotopic (exact) mass is 458 g/mol. The van der Waals surface area contributed by atoms with Crippen molar-refractivity contribution in [2.75, 3.05) is 13.7 Å². The maximum atomic E-state index is 13.7. The number of amides is 2. The Kier molecular flexibility index (Phi) is 9.27. The van der Waals surface area contributed by atoms with Crippen molar-refractivity contribution >= 4 is 11.8 Å². The quantitative estimate of drug-likeness (QED) is 0.455. The van der Waals surface area contributed by atoms with Gasteiger partial charge in [0, 0.05) is 19.5 Å². The second-order valence-electron chi connectivity index (χ2n) is 8.88. The van der Waals surface area contributed by atoms with Gasteiger partial charge in [0.25, 0.3) is 0 Å². The minimum Gasteiger partial charge on any atom is -0.497 e. The minimum absolute atomic E-state index is 0.0883. The number of nitrogens with one attached hydrogen (secondary N) is 1. The lowest BCUT2D eigenvalue weighted by atomic mass is 10.0. The third-order valence-electron chi connectivity index (χ3n) is 5.64. The lowest BCUT2D eigenvalue weighted by Crippen LogP contribution is -2.51. The van der Waals surface area contributed by atoms with Crippen molar-refractivity contribution < 1.29 is 14.3 Å². The third-order valence-corrected chi connectivity index (χ3v) is 5.64. The average Bonchev–Trinajstić information content (AvgIpc) is 2.86. The van der Waals surface area contributed by atoms with Gasteiger partial charge >= 0.3 is 0 Å². The van der Waals surface area contributed by atoms with Gasteiger partial charge in [0.1, 0.15) is 11.8 Å². The third kappa shape index (κ3) is 7.48. The van der Waals surface area contributed by atoms with E-state index in [1.807, 2.05) is 84.9 Å². The van der Waals surface area contributed by atoms with E-state index in [1.165, 1.54) is 0 Å². The van der Waals surface area contributed by atoms with Crippen LogP contribution in [0.2, 0.25) is 0 Å². The van der Waals surface area contributed by atoms with Gasteiger partial charge in [-0.15, -0.1) is 0 Å². The summed E-state index contributed by atoms with van der Waals surface area (Å²) < 4.78 is 5.38. The molecule has 3 aromatic carbocycles. The molecule has 178 valence electrons. The molecule has 1 atom stereocenters. The predicted octanol–water partition coefficient (Wildman–Crippen LogP) is 4.65. The molecular formula is C29H34N2O3. The van der Waals surface area contributed by atoms with E-state index < -0.39 is 6.04 Å². The largest absolute Gasteiger partial charge is 0.497 e. The van der Waals surface area contributed by atoms with Crippen LogP contribution in [0.4, 0.5) is 0 Å². The standard InChI is InChI=1S/C29H34N2O3/c1-22(2)20-30-29(33)27(18-23-11-6-4-7-12-23)31(21-25-15-10-16-26(17-25)34-3)28(32)19-24-13-8-5-9-14-24/h4-17,22,27H,18-21H2,1-3H3,(H,30,33)/t27-/m0/s1. The summed E-state index contributed by atoms with van der Waals surface area (Å²) in [4.78, 5) is 28.8. The van der Waals surface area contributed by atoms with Crippen LogP contribution in [0.1, 0.15) is 30.5 Å². The van der Waals surface area contributed by atoms with Crippen LogP contribution in [0, 0.1) is 5.92 Å². The lowest BCUT2D eigenvalue weighted by Gasteiger charge is -2.32. The van der Waals surface area contributed by atoms with Crippen LogP contribution in [0.3, 0.4) is 0 Å². The predicted molar refractivity (Wildman–Crippen MR) is 135 cm³/mol. The smallest absolute Gasteiger partial charge is 0.243 e. The Bertz CT molecular complexity index is 1050. The SMILES string of the molecule is COc1cccc(CN(C(=O)Cc2ccccc2)[C@@H](Cc2ccccc2)C(=O)NCC(C)C)c1. The zero-order chi connectivity index (χ0) is 24.3. The second-order valence-corrected chi connectivity index (χ2v) is 8.88. The molecule has 0 unspecified atom stereocenters. The van der Waals surface area contributed by atoms with Gasteiger partial charge < -0.3 is 15.0 Å². The van der Waals surface area contributed by atoms with Crippen LogP contribution in [0.5, 0.6) is 5.75 Å². The van der Waals surface area contributed by atoms with E-state index in [0.29, 0.717) is 25.4 Å². The Hall–Kier alpha value is -3.60. The summed E-state index contributed by atoms with van der Waals surface area (Å²) in [5, 5.41) is 3.05. The Labute approximate surface area is 202 Å². The molecule has 5 nitrogen and oxygen atoms in total. The van der Waals surface area contributed by atoms with Crippen LogP contribution in [0.25, 0.3) is 0 Å². The molecule has 2 amide bonds. The Morgan fingerprint density at radius 1 is 0.853 bits per heavy atom. The van der Waals surface area contributed by atoms with Crippen molar-refractivity contribution in [3.63, 3.8) is 0 Å². The van der Waals surface area contributed by atoms with Crippen molar-refractivity contribution in [3.05, 3.63) is 102 Å². The van der Waals surface area contributed by atoms with Gasteiger partial charge in [-0.2, -0.15) is 0 Å². The molecule has 0 aliphatic heterocycles. The molecule has 34 heavy (non-hydrogen) atoms. The van der Waals surface area contributed by atoms with E-state index >= 15 is 0 Å². The van der Waals surface area contributed by atoms with Gasteiger partial charge in [-0.25, -0.2) is 0 Å². The lowest BCUT2D eigenvalue weighted by molar-refractivity contribution is -0.140. The molecule has 0 saturated carbocycles. The molecule has 1 N–H and O–H groups in total. The van der Waals surface area contributed by atoms with Crippen LogP contribution < -0.4 is 10.1 Å². The van der Waals surface area contributed by atoms with Gasteiger partial charge in [0.2, 0.25) is 11.8 Å². The summed E-state index contributed by atoms with van der Waals surface area (Å²) in [5.74, 6) is 0.807. The molecule has 3 aromatic rings. The molecule has 0 spiro atoms. The van der Waals surface area contributed by atoms with Gasteiger partial charge in [-0.1, -0.05) is 86.6 Å². The molecule has 0 bridgehead atoms. The number of rotatable bonds is 11. The molecule has 0 saturated heterocycles. The Morgan fingerprint density at radius 3 is 2.09 bits per heavy atom. The summed E-state index contributed by atoms with van der Waals surface area (Å²) >= 11 is 0. The van der Waals surface area contributed by atoms with Gasteiger partial charge in [0.05, 0.1) is 13.5 Å². The van der Waals surface area contributed by atoms with Crippen molar-refractivity contribution in [2.24, 2.45) is 5.92 Å². The maximum absolute atomic E-state index is 13.7. The molecule has 0 radical (unpaired) electrons. The van der Waals surface area contributed by atoms with E-state index in [4.69, 9.17) is 4.74 Å². The van der Waals surface area contributed by atoms with Crippen LogP contribution >= 0.6 is 0 Å². The summed E-state index contributed by atoms with van der Waals surface area (Å²) in [7, 11) is 1.62. The van der Waals surface area contributed by atoms with Gasteiger partial charge in [0.15, 0.2) is 0 Å². The van der Waals surface area contributed by atoms with E-state index in [2.05, 4.69) is 19.2 Å². The second kappa shape index (κ2) is 12.6. The van der Waals surface area contributed by atoms with Gasteiger partial charge in [-0.05, 0) is 34.7 Å². The highest BCUT2D eigenvalue weighted by molar-refractivity contribution is 5.88.